The van der Waals surface area contributed by atoms with Crippen molar-refractivity contribution >= 4 is 0 Å². The third-order valence-electron chi connectivity index (χ3n) is 3.49. The standard InChI is InChI=1S/C15H25N/c1-6-15(5,16)11-14(3,4)13-9-7-12(2)8-10-13/h7-10H,6,11,16H2,1-5H3/t15-/m1/s1. The van der Waals surface area contributed by atoms with Crippen molar-refractivity contribution in [2.75, 3.05) is 0 Å². The van der Waals surface area contributed by atoms with Crippen molar-refractivity contribution in [3.05, 3.63) is 35.4 Å². The van der Waals surface area contributed by atoms with Crippen LogP contribution >= 0.6 is 0 Å². The Labute approximate surface area is 100 Å². The molecular formula is C15H25N. The van der Waals surface area contributed by atoms with Crippen LogP contribution in [0.5, 0.6) is 0 Å². The molecule has 1 nitrogen and oxygen atoms in total. The summed E-state index contributed by atoms with van der Waals surface area (Å²) in [5.41, 5.74) is 9.03. The molecule has 0 aliphatic heterocycles. The Hall–Kier alpha value is -0.820. The van der Waals surface area contributed by atoms with Crippen LogP contribution in [-0.2, 0) is 5.41 Å². The summed E-state index contributed by atoms with van der Waals surface area (Å²) in [5, 5.41) is 0. The minimum absolute atomic E-state index is 0.0750. The summed E-state index contributed by atoms with van der Waals surface area (Å²) in [5.74, 6) is 0. The molecule has 1 heteroatoms. The number of benzene rings is 1. The SMILES string of the molecule is CC[C@@](C)(N)CC(C)(C)c1ccc(C)cc1. The van der Waals surface area contributed by atoms with E-state index in [1.165, 1.54) is 11.1 Å². The topological polar surface area (TPSA) is 26.0 Å². The van der Waals surface area contributed by atoms with Crippen LogP contribution < -0.4 is 5.73 Å². The average Bonchev–Trinajstić information content (AvgIpc) is 2.17. The maximum absolute atomic E-state index is 6.27. The summed E-state index contributed by atoms with van der Waals surface area (Å²) < 4.78 is 0. The first-order valence-corrected chi connectivity index (χ1v) is 6.13. The summed E-state index contributed by atoms with van der Waals surface area (Å²) in [7, 11) is 0. The minimum Gasteiger partial charge on any atom is -0.325 e. The predicted octanol–water partition coefficient (Wildman–Crippen LogP) is 3.79. The van der Waals surface area contributed by atoms with Crippen molar-refractivity contribution in [1.29, 1.82) is 0 Å². The van der Waals surface area contributed by atoms with Gasteiger partial charge in [0.2, 0.25) is 0 Å². The quantitative estimate of drug-likeness (QED) is 0.819. The van der Waals surface area contributed by atoms with Gasteiger partial charge in [-0.3, -0.25) is 0 Å². The van der Waals surface area contributed by atoms with Crippen LogP contribution in [0.4, 0.5) is 0 Å². The zero-order valence-electron chi connectivity index (χ0n) is 11.3. The van der Waals surface area contributed by atoms with Gasteiger partial charge in [0.25, 0.3) is 0 Å². The molecule has 0 aliphatic carbocycles. The first-order valence-electron chi connectivity index (χ1n) is 6.13. The van der Waals surface area contributed by atoms with Crippen LogP contribution in [-0.4, -0.2) is 5.54 Å². The van der Waals surface area contributed by atoms with Crippen LogP contribution in [0, 0.1) is 6.92 Å². The number of aryl methyl sites for hydroxylation is 1. The summed E-state index contributed by atoms with van der Waals surface area (Å²) >= 11 is 0. The molecular weight excluding hydrogens is 194 g/mol. The lowest BCUT2D eigenvalue weighted by atomic mass is 9.74. The fourth-order valence-electron chi connectivity index (χ4n) is 2.24. The molecule has 0 amide bonds. The molecule has 90 valence electrons. The second-order valence-corrected chi connectivity index (χ2v) is 5.93. The molecule has 0 radical (unpaired) electrons. The molecule has 1 atom stereocenters. The summed E-state index contributed by atoms with van der Waals surface area (Å²) in [6.45, 7) is 11.0. The van der Waals surface area contributed by atoms with Gasteiger partial charge in [0.15, 0.2) is 0 Å². The van der Waals surface area contributed by atoms with E-state index in [9.17, 15) is 0 Å². The van der Waals surface area contributed by atoms with Gasteiger partial charge in [-0.15, -0.1) is 0 Å². The molecule has 1 aromatic carbocycles. The highest BCUT2D eigenvalue weighted by Crippen LogP contribution is 2.32. The molecule has 0 aromatic heterocycles. The van der Waals surface area contributed by atoms with Crippen molar-refractivity contribution in [3.8, 4) is 0 Å². The Morgan fingerprint density at radius 1 is 1.06 bits per heavy atom. The van der Waals surface area contributed by atoms with Crippen LogP contribution in [0.3, 0.4) is 0 Å². The Kier molecular flexibility index (Phi) is 3.80. The highest BCUT2D eigenvalue weighted by Gasteiger charge is 2.29. The van der Waals surface area contributed by atoms with Crippen LogP contribution in [0.1, 0.15) is 51.7 Å². The van der Waals surface area contributed by atoms with Gasteiger partial charge in [0.1, 0.15) is 0 Å². The summed E-state index contributed by atoms with van der Waals surface area (Å²) in [6, 6.07) is 8.80. The van der Waals surface area contributed by atoms with Gasteiger partial charge >= 0.3 is 0 Å². The fourth-order valence-corrected chi connectivity index (χ4v) is 2.24. The molecule has 0 unspecified atom stereocenters. The molecule has 0 bridgehead atoms. The molecule has 16 heavy (non-hydrogen) atoms. The molecule has 0 aliphatic rings. The van der Waals surface area contributed by atoms with Crippen molar-refractivity contribution in [3.63, 3.8) is 0 Å². The van der Waals surface area contributed by atoms with Crippen LogP contribution in [0.25, 0.3) is 0 Å². The predicted molar refractivity (Wildman–Crippen MR) is 71.7 cm³/mol. The van der Waals surface area contributed by atoms with Crippen molar-refractivity contribution in [2.45, 2.75) is 58.4 Å². The van der Waals surface area contributed by atoms with Crippen LogP contribution in [0.2, 0.25) is 0 Å². The van der Waals surface area contributed by atoms with Gasteiger partial charge in [0, 0.05) is 5.54 Å². The van der Waals surface area contributed by atoms with E-state index in [0.717, 1.165) is 12.8 Å². The highest BCUT2D eigenvalue weighted by atomic mass is 14.7. The lowest BCUT2D eigenvalue weighted by Gasteiger charge is -2.34. The fraction of sp³-hybridized carbons (Fsp3) is 0.600. The Morgan fingerprint density at radius 3 is 2.00 bits per heavy atom. The molecule has 0 saturated carbocycles. The van der Waals surface area contributed by atoms with Gasteiger partial charge in [-0.25, -0.2) is 0 Å². The van der Waals surface area contributed by atoms with Gasteiger partial charge < -0.3 is 5.73 Å². The average molecular weight is 219 g/mol. The van der Waals surface area contributed by atoms with Crippen molar-refractivity contribution in [2.24, 2.45) is 5.73 Å². The van der Waals surface area contributed by atoms with E-state index in [1.54, 1.807) is 0 Å². The lowest BCUT2D eigenvalue weighted by molar-refractivity contribution is 0.319. The zero-order chi connectivity index (χ0) is 12.4. The summed E-state index contributed by atoms with van der Waals surface area (Å²) in [6.07, 6.45) is 2.03. The van der Waals surface area contributed by atoms with E-state index in [0.29, 0.717) is 0 Å². The van der Waals surface area contributed by atoms with E-state index in [2.05, 4.69) is 58.9 Å². The molecule has 0 fully saturated rings. The first kappa shape index (κ1) is 13.2. The van der Waals surface area contributed by atoms with E-state index >= 15 is 0 Å². The maximum atomic E-state index is 6.27. The van der Waals surface area contributed by atoms with Crippen molar-refractivity contribution < 1.29 is 0 Å². The molecule has 0 heterocycles. The number of hydrogen-bond donors (Lipinski definition) is 1. The number of nitrogens with two attached hydrogens (primary N) is 1. The van der Waals surface area contributed by atoms with E-state index in [4.69, 9.17) is 5.73 Å². The van der Waals surface area contributed by atoms with E-state index in [-0.39, 0.29) is 11.0 Å². The Balaban J connectivity index is 2.89. The Morgan fingerprint density at radius 2 is 1.56 bits per heavy atom. The largest absolute Gasteiger partial charge is 0.325 e. The minimum atomic E-state index is -0.0750. The van der Waals surface area contributed by atoms with Gasteiger partial charge in [0.05, 0.1) is 0 Å². The second-order valence-electron chi connectivity index (χ2n) is 5.93. The van der Waals surface area contributed by atoms with E-state index < -0.39 is 0 Å². The molecule has 1 aromatic rings. The smallest absolute Gasteiger partial charge is 0.0131 e. The first-order chi connectivity index (χ1) is 7.27. The third kappa shape index (κ3) is 3.34. The maximum Gasteiger partial charge on any atom is 0.0131 e. The normalized spacial score (nSPS) is 15.9. The molecule has 0 spiro atoms. The molecule has 2 N–H and O–H groups in total. The zero-order valence-corrected chi connectivity index (χ0v) is 11.3. The summed E-state index contributed by atoms with van der Waals surface area (Å²) in [4.78, 5) is 0. The van der Waals surface area contributed by atoms with Crippen molar-refractivity contribution in [1.82, 2.24) is 0 Å². The van der Waals surface area contributed by atoms with Gasteiger partial charge in [-0.2, -0.15) is 0 Å². The van der Waals surface area contributed by atoms with Gasteiger partial charge in [-0.1, -0.05) is 50.6 Å². The number of rotatable bonds is 4. The second kappa shape index (κ2) is 4.58. The van der Waals surface area contributed by atoms with Crippen LogP contribution in [0.15, 0.2) is 24.3 Å². The Bertz CT molecular complexity index is 333. The highest BCUT2D eigenvalue weighted by molar-refractivity contribution is 5.28. The van der Waals surface area contributed by atoms with Gasteiger partial charge in [-0.05, 0) is 37.7 Å². The molecule has 1 rings (SSSR count). The molecule has 0 saturated heterocycles. The van der Waals surface area contributed by atoms with E-state index in [1.807, 2.05) is 0 Å². The lowest BCUT2D eigenvalue weighted by Crippen LogP contribution is -2.41. The monoisotopic (exact) mass is 219 g/mol. The third-order valence-corrected chi connectivity index (χ3v) is 3.49. The number of hydrogen-bond acceptors (Lipinski definition) is 1.